The summed E-state index contributed by atoms with van der Waals surface area (Å²) in [6.07, 6.45) is 0.714. The molecule has 0 saturated heterocycles. The molecular weight excluding hydrogens is 240 g/mol. The van der Waals surface area contributed by atoms with Crippen LogP contribution in [-0.4, -0.2) is 57.0 Å². The lowest BCUT2D eigenvalue weighted by Crippen LogP contribution is -2.31. The third-order valence-electron chi connectivity index (χ3n) is 3.61. The molecule has 0 saturated carbocycles. The molecule has 1 N–H and O–H groups in total. The van der Waals surface area contributed by atoms with Crippen LogP contribution in [-0.2, 0) is 17.7 Å². The van der Waals surface area contributed by atoms with Gasteiger partial charge in [-0.15, -0.1) is 0 Å². The Morgan fingerprint density at radius 1 is 1.47 bits per heavy atom. The summed E-state index contributed by atoms with van der Waals surface area (Å²) in [6.45, 7) is 2.99. The van der Waals surface area contributed by atoms with Gasteiger partial charge in [-0.3, -0.25) is 4.90 Å². The second kappa shape index (κ2) is 6.37. The van der Waals surface area contributed by atoms with Crippen molar-refractivity contribution in [1.82, 2.24) is 4.90 Å². The second-order valence-electron chi connectivity index (χ2n) is 5.44. The molecule has 4 nitrogen and oxygen atoms in total. The lowest BCUT2D eigenvalue weighted by Gasteiger charge is -2.20. The Hall–Kier alpha value is -1.10. The van der Waals surface area contributed by atoms with Crippen LogP contribution in [0.25, 0.3) is 0 Å². The monoisotopic (exact) mass is 264 g/mol. The van der Waals surface area contributed by atoms with Crippen LogP contribution < -0.4 is 4.90 Å². The molecule has 0 radical (unpaired) electrons. The molecule has 0 aliphatic carbocycles. The Bertz CT molecular complexity index is 423. The number of aliphatic hydroxyl groups excluding tert-OH is 1. The summed E-state index contributed by atoms with van der Waals surface area (Å²) in [4.78, 5) is 4.43. The van der Waals surface area contributed by atoms with E-state index in [-0.39, 0.29) is 0 Å². The quantitative estimate of drug-likeness (QED) is 0.835. The molecule has 1 aromatic carbocycles. The van der Waals surface area contributed by atoms with E-state index in [1.54, 1.807) is 7.11 Å². The van der Waals surface area contributed by atoms with E-state index in [2.05, 4.69) is 35.0 Å². The second-order valence-corrected chi connectivity index (χ2v) is 5.44. The van der Waals surface area contributed by atoms with E-state index in [0.29, 0.717) is 13.2 Å². The van der Waals surface area contributed by atoms with Crippen LogP contribution in [0.4, 0.5) is 5.69 Å². The van der Waals surface area contributed by atoms with Crippen molar-refractivity contribution in [2.24, 2.45) is 0 Å². The van der Waals surface area contributed by atoms with E-state index in [0.717, 1.165) is 19.5 Å². The van der Waals surface area contributed by atoms with E-state index >= 15 is 0 Å². The fourth-order valence-electron chi connectivity index (χ4n) is 2.70. The fraction of sp³-hybridized carbons (Fsp3) is 0.600. The smallest absolute Gasteiger partial charge is 0.0900 e. The highest BCUT2D eigenvalue weighted by molar-refractivity contribution is 5.58. The predicted octanol–water partition coefficient (Wildman–Crippen LogP) is 1.12. The van der Waals surface area contributed by atoms with Crippen LogP contribution in [0.1, 0.15) is 11.1 Å². The van der Waals surface area contributed by atoms with Crippen LogP contribution in [0.15, 0.2) is 18.2 Å². The molecule has 1 heterocycles. The molecule has 0 bridgehead atoms. The van der Waals surface area contributed by atoms with Gasteiger partial charge in [0.05, 0.1) is 12.7 Å². The Morgan fingerprint density at radius 2 is 2.26 bits per heavy atom. The summed E-state index contributed by atoms with van der Waals surface area (Å²) < 4.78 is 4.94. The maximum atomic E-state index is 9.71. The number of hydrogen-bond donors (Lipinski definition) is 1. The zero-order valence-corrected chi connectivity index (χ0v) is 12.1. The van der Waals surface area contributed by atoms with Gasteiger partial charge in [0.25, 0.3) is 0 Å². The van der Waals surface area contributed by atoms with Crippen molar-refractivity contribution >= 4 is 5.69 Å². The molecular formula is C15H24N2O2. The average Bonchev–Trinajstić information content (AvgIpc) is 2.70. The highest BCUT2D eigenvalue weighted by atomic mass is 16.5. The first-order chi connectivity index (χ1) is 9.10. The number of anilines is 1. The summed E-state index contributed by atoms with van der Waals surface area (Å²) in [6, 6.07) is 6.68. The molecule has 106 valence electrons. The lowest BCUT2D eigenvalue weighted by molar-refractivity contribution is 0.0419. The minimum Gasteiger partial charge on any atom is -0.389 e. The van der Waals surface area contributed by atoms with Gasteiger partial charge in [0.2, 0.25) is 0 Å². The van der Waals surface area contributed by atoms with Crippen molar-refractivity contribution in [2.45, 2.75) is 19.1 Å². The number of nitrogens with zero attached hydrogens (tertiary/aromatic N) is 2. The third-order valence-corrected chi connectivity index (χ3v) is 3.61. The molecule has 0 amide bonds. The molecule has 1 unspecified atom stereocenters. The number of hydrogen-bond acceptors (Lipinski definition) is 4. The maximum Gasteiger partial charge on any atom is 0.0900 e. The first kappa shape index (κ1) is 14.3. The first-order valence-electron chi connectivity index (χ1n) is 6.78. The number of rotatable bonds is 6. The number of benzene rings is 1. The van der Waals surface area contributed by atoms with Gasteiger partial charge in [-0.1, -0.05) is 12.1 Å². The maximum absolute atomic E-state index is 9.71. The molecule has 0 aromatic heterocycles. The van der Waals surface area contributed by atoms with Gasteiger partial charge in [-0.2, -0.15) is 0 Å². The minimum atomic E-state index is -0.421. The van der Waals surface area contributed by atoms with Crippen LogP contribution in [0.5, 0.6) is 0 Å². The zero-order valence-electron chi connectivity index (χ0n) is 12.1. The zero-order chi connectivity index (χ0) is 13.8. The number of methoxy groups -OCH3 is 1. The molecule has 1 aliphatic rings. The van der Waals surface area contributed by atoms with E-state index in [1.165, 1.54) is 16.8 Å². The molecule has 1 atom stereocenters. The van der Waals surface area contributed by atoms with Crippen molar-refractivity contribution < 1.29 is 9.84 Å². The van der Waals surface area contributed by atoms with E-state index in [9.17, 15) is 5.11 Å². The SMILES string of the molecule is COCC(O)CN(C)Cc1ccc2c(c1)CCN2C. The van der Waals surface area contributed by atoms with E-state index in [4.69, 9.17) is 4.74 Å². The molecule has 4 heteroatoms. The van der Waals surface area contributed by atoms with Crippen molar-refractivity contribution in [1.29, 1.82) is 0 Å². The van der Waals surface area contributed by atoms with Gasteiger partial charge in [0, 0.05) is 39.5 Å². The van der Waals surface area contributed by atoms with Crippen LogP contribution in [0, 0.1) is 0 Å². The Labute approximate surface area is 115 Å². The lowest BCUT2D eigenvalue weighted by atomic mass is 10.1. The summed E-state index contributed by atoms with van der Waals surface area (Å²) in [5, 5.41) is 9.71. The largest absolute Gasteiger partial charge is 0.389 e. The average molecular weight is 264 g/mol. The Morgan fingerprint density at radius 3 is 3.00 bits per heavy atom. The molecule has 1 aromatic rings. The predicted molar refractivity (Wildman–Crippen MR) is 77.6 cm³/mol. The highest BCUT2D eigenvalue weighted by Gasteiger charge is 2.16. The van der Waals surface area contributed by atoms with Gasteiger partial charge in [0.1, 0.15) is 0 Å². The number of aliphatic hydroxyl groups is 1. The van der Waals surface area contributed by atoms with Crippen molar-refractivity contribution in [2.75, 3.05) is 45.8 Å². The molecule has 0 spiro atoms. The van der Waals surface area contributed by atoms with E-state index in [1.807, 2.05) is 7.05 Å². The molecule has 0 fully saturated rings. The summed E-state index contributed by atoms with van der Waals surface area (Å²) in [7, 11) is 5.77. The molecule has 1 aliphatic heterocycles. The van der Waals surface area contributed by atoms with Crippen LogP contribution in [0.3, 0.4) is 0 Å². The normalized spacial score (nSPS) is 15.9. The van der Waals surface area contributed by atoms with Crippen LogP contribution >= 0.6 is 0 Å². The van der Waals surface area contributed by atoms with Crippen molar-refractivity contribution in [3.8, 4) is 0 Å². The Kier molecular flexibility index (Phi) is 4.80. The van der Waals surface area contributed by atoms with Crippen molar-refractivity contribution in [3.05, 3.63) is 29.3 Å². The van der Waals surface area contributed by atoms with Crippen LogP contribution in [0.2, 0.25) is 0 Å². The third kappa shape index (κ3) is 3.69. The number of fused-ring (bicyclic) bond motifs is 1. The summed E-state index contributed by atoms with van der Waals surface area (Å²) in [5.41, 5.74) is 4.10. The minimum absolute atomic E-state index is 0.388. The molecule has 2 rings (SSSR count). The van der Waals surface area contributed by atoms with Crippen molar-refractivity contribution in [3.63, 3.8) is 0 Å². The van der Waals surface area contributed by atoms with E-state index < -0.39 is 6.10 Å². The standard InChI is InChI=1S/C15H24N2O2/c1-16(10-14(18)11-19-3)9-12-4-5-15-13(8-12)6-7-17(15)2/h4-5,8,14,18H,6-7,9-11H2,1-3H3. The van der Waals surface area contributed by atoms with Gasteiger partial charge in [0.15, 0.2) is 0 Å². The number of ether oxygens (including phenoxy) is 1. The van der Waals surface area contributed by atoms with Gasteiger partial charge in [-0.05, 0) is 30.7 Å². The fourth-order valence-corrected chi connectivity index (χ4v) is 2.70. The van der Waals surface area contributed by atoms with Gasteiger partial charge < -0.3 is 14.7 Å². The van der Waals surface area contributed by atoms with Gasteiger partial charge >= 0.3 is 0 Å². The first-order valence-corrected chi connectivity index (χ1v) is 6.78. The molecule has 19 heavy (non-hydrogen) atoms. The summed E-state index contributed by atoms with van der Waals surface area (Å²) >= 11 is 0. The highest BCUT2D eigenvalue weighted by Crippen LogP contribution is 2.27. The topological polar surface area (TPSA) is 35.9 Å². The van der Waals surface area contributed by atoms with Gasteiger partial charge in [-0.25, -0.2) is 0 Å². The number of likely N-dealkylation sites (N-methyl/N-ethyl adjacent to an activating group) is 2. The Balaban J connectivity index is 1.93. The summed E-state index contributed by atoms with van der Waals surface area (Å²) in [5.74, 6) is 0.